The molecule has 2 saturated heterocycles. The highest BCUT2D eigenvalue weighted by Gasteiger charge is 2.34. The third-order valence-corrected chi connectivity index (χ3v) is 3.57. The molecule has 0 spiro atoms. The van der Waals surface area contributed by atoms with Crippen LogP contribution in [0.4, 0.5) is 0 Å². The summed E-state index contributed by atoms with van der Waals surface area (Å²) in [6, 6.07) is 0.794. The van der Waals surface area contributed by atoms with Gasteiger partial charge >= 0.3 is 0 Å². The highest BCUT2D eigenvalue weighted by atomic mass is 32.2. The molecule has 2 aliphatic heterocycles. The van der Waals surface area contributed by atoms with E-state index in [1.54, 1.807) is 0 Å². The van der Waals surface area contributed by atoms with Gasteiger partial charge < -0.3 is 5.11 Å². The molecule has 0 aromatic heterocycles. The van der Waals surface area contributed by atoms with E-state index in [1.165, 1.54) is 18.1 Å². The predicted octanol–water partition coefficient (Wildman–Crippen LogP) is 0.373. The first-order chi connectivity index (χ1) is 4.90. The van der Waals surface area contributed by atoms with Crippen LogP contribution in [-0.2, 0) is 0 Å². The summed E-state index contributed by atoms with van der Waals surface area (Å²) < 4.78 is 0. The average molecular weight is 159 g/mol. The quantitative estimate of drug-likeness (QED) is 0.598. The minimum absolute atomic E-state index is 0.387. The maximum atomic E-state index is 8.89. The molecule has 58 valence electrons. The Morgan fingerprint density at radius 1 is 1.60 bits per heavy atom. The minimum atomic E-state index is 0.387. The van der Waals surface area contributed by atoms with Crippen molar-refractivity contribution in [1.29, 1.82) is 0 Å². The van der Waals surface area contributed by atoms with Gasteiger partial charge in [0.1, 0.15) is 0 Å². The van der Waals surface area contributed by atoms with E-state index in [0.717, 1.165) is 12.6 Å². The maximum Gasteiger partial charge on any atom is 0.0472 e. The topological polar surface area (TPSA) is 23.5 Å². The summed E-state index contributed by atoms with van der Waals surface area (Å²) in [4.78, 5) is 2.49. The van der Waals surface area contributed by atoms with E-state index in [2.05, 4.69) is 4.90 Å². The number of hydrogen-bond donors (Lipinski definition) is 1. The van der Waals surface area contributed by atoms with E-state index in [4.69, 9.17) is 5.11 Å². The zero-order valence-corrected chi connectivity index (χ0v) is 6.81. The predicted molar refractivity (Wildman–Crippen MR) is 43.0 cm³/mol. The third-order valence-electron chi connectivity index (χ3n) is 2.44. The van der Waals surface area contributed by atoms with Crippen molar-refractivity contribution < 1.29 is 5.11 Å². The smallest absolute Gasteiger partial charge is 0.0472 e. The highest BCUT2D eigenvalue weighted by molar-refractivity contribution is 7.99. The number of hydrogen-bond acceptors (Lipinski definition) is 3. The Bertz CT molecular complexity index is 119. The van der Waals surface area contributed by atoms with E-state index in [9.17, 15) is 0 Å². The second-order valence-corrected chi connectivity index (χ2v) is 4.21. The van der Waals surface area contributed by atoms with Crippen molar-refractivity contribution in [2.45, 2.75) is 12.5 Å². The summed E-state index contributed by atoms with van der Waals surface area (Å²) in [6.45, 7) is 1.52. The fraction of sp³-hybridized carbons (Fsp3) is 1.00. The molecule has 0 bridgehead atoms. The molecule has 2 nitrogen and oxygen atoms in total. The van der Waals surface area contributed by atoms with Gasteiger partial charge in [-0.25, -0.2) is 0 Å². The minimum Gasteiger partial charge on any atom is -0.396 e. The summed E-state index contributed by atoms with van der Waals surface area (Å²) >= 11 is 2.02. The molecule has 0 saturated carbocycles. The summed E-state index contributed by atoms with van der Waals surface area (Å²) in [5.74, 6) is 3.06. The summed E-state index contributed by atoms with van der Waals surface area (Å²) in [5.41, 5.74) is 0. The van der Waals surface area contributed by atoms with E-state index in [0.29, 0.717) is 12.5 Å². The van der Waals surface area contributed by atoms with Crippen LogP contribution in [0.25, 0.3) is 0 Å². The lowest BCUT2D eigenvalue weighted by Gasteiger charge is -2.11. The Balaban J connectivity index is 1.94. The normalized spacial score (nSPS) is 40.5. The fourth-order valence-electron chi connectivity index (χ4n) is 1.86. The second-order valence-electron chi connectivity index (χ2n) is 3.21. The third kappa shape index (κ3) is 1.06. The first-order valence-electron chi connectivity index (χ1n) is 3.83. The van der Waals surface area contributed by atoms with Crippen LogP contribution in [0.2, 0.25) is 0 Å². The lowest BCUT2D eigenvalue weighted by Crippen LogP contribution is -2.23. The maximum absolute atomic E-state index is 8.89. The molecule has 3 heteroatoms. The molecule has 2 atom stereocenters. The van der Waals surface area contributed by atoms with Crippen LogP contribution in [0, 0.1) is 5.92 Å². The van der Waals surface area contributed by atoms with Crippen molar-refractivity contribution in [3.8, 4) is 0 Å². The first kappa shape index (κ1) is 6.95. The van der Waals surface area contributed by atoms with E-state index in [-0.39, 0.29) is 0 Å². The van der Waals surface area contributed by atoms with Gasteiger partial charge in [0.2, 0.25) is 0 Å². The average Bonchev–Trinajstić information content (AvgIpc) is 2.42. The fourth-order valence-corrected chi connectivity index (χ4v) is 3.13. The molecule has 0 amide bonds. The summed E-state index contributed by atoms with van der Waals surface area (Å²) in [7, 11) is 0. The van der Waals surface area contributed by atoms with Crippen molar-refractivity contribution in [3.63, 3.8) is 0 Å². The second kappa shape index (κ2) is 2.72. The van der Waals surface area contributed by atoms with Crippen molar-refractivity contribution in [3.05, 3.63) is 0 Å². The summed E-state index contributed by atoms with van der Waals surface area (Å²) in [6.07, 6.45) is 1.23. The molecule has 0 aromatic rings. The van der Waals surface area contributed by atoms with Crippen LogP contribution in [0.3, 0.4) is 0 Å². The van der Waals surface area contributed by atoms with Crippen molar-refractivity contribution >= 4 is 11.8 Å². The largest absolute Gasteiger partial charge is 0.396 e. The Kier molecular flexibility index (Phi) is 1.89. The molecule has 10 heavy (non-hydrogen) atoms. The van der Waals surface area contributed by atoms with Crippen LogP contribution in [-0.4, -0.2) is 40.8 Å². The van der Waals surface area contributed by atoms with E-state index in [1.807, 2.05) is 11.8 Å². The van der Waals surface area contributed by atoms with Crippen molar-refractivity contribution in [2.24, 2.45) is 5.92 Å². The van der Waals surface area contributed by atoms with Crippen molar-refractivity contribution in [2.75, 3.05) is 24.8 Å². The lowest BCUT2D eigenvalue weighted by molar-refractivity contribution is 0.227. The van der Waals surface area contributed by atoms with E-state index < -0.39 is 0 Å². The van der Waals surface area contributed by atoms with Gasteiger partial charge in [0.15, 0.2) is 0 Å². The SMILES string of the molecule is OC[C@H]1C[C@@H]2CSCN2C1. The Morgan fingerprint density at radius 2 is 2.50 bits per heavy atom. The van der Waals surface area contributed by atoms with Gasteiger partial charge in [0.25, 0.3) is 0 Å². The van der Waals surface area contributed by atoms with Crippen LogP contribution in [0.1, 0.15) is 6.42 Å². The van der Waals surface area contributed by atoms with Crippen LogP contribution in [0.5, 0.6) is 0 Å². The van der Waals surface area contributed by atoms with Gasteiger partial charge in [0, 0.05) is 30.8 Å². The van der Waals surface area contributed by atoms with Gasteiger partial charge in [-0.2, -0.15) is 0 Å². The number of aliphatic hydroxyl groups is 1. The molecule has 0 aromatic carbocycles. The zero-order chi connectivity index (χ0) is 6.97. The molecule has 1 N–H and O–H groups in total. The van der Waals surface area contributed by atoms with Gasteiger partial charge in [-0.3, -0.25) is 4.90 Å². The molecular formula is C7H13NOS. The number of nitrogens with zero attached hydrogens (tertiary/aromatic N) is 1. The molecular weight excluding hydrogens is 146 g/mol. The Morgan fingerprint density at radius 3 is 3.20 bits per heavy atom. The van der Waals surface area contributed by atoms with Gasteiger partial charge in [-0.1, -0.05) is 0 Å². The number of thioether (sulfide) groups is 1. The molecule has 2 aliphatic rings. The van der Waals surface area contributed by atoms with Gasteiger partial charge in [-0.15, -0.1) is 11.8 Å². The lowest BCUT2D eigenvalue weighted by atomic mass is 10.1. The standard InChI is InChI=1S/C7H13NOS/c9-3-6-1-7-4-10-5-8(7)2-6/h6-7,9H,1-5H2/t6-,7+/m0/s1. The number of fused-ring (bicyclic) bond motifs is 1. The Hall–Kier alpha value is 0.270. The highest BCUT2D eigenvalue weighted by Crippen LogP contribution is 2.32. The van der Waals surface area contributed by atoms with Crippen molar-refractivity contribution in [1.82, 2.24) is 4.90 Å². The van der Waals surface area contributed by atoms with Crippen LogP contribution in [0.15, 0.2) is 0 Å². The Labute approximate surface area is 65.6 Å². The van der Waals surface area contributed by atoms with Gasteiger partial charge in [0.05, 0.1) is 0 Å². The molecule has 2 rings (SSSR count). The molecule has 2 fully saturated rings. The zero-order valence-electron chi connectivity index (χ0n) is 5.99. The first-order valence-corrected chi connectivity index (χ1v) is 4.98. The molecule has 0 radical (unpaired) electrons. The molecule has 0 aliphatic carbocycles. The van der Waals surface area contributed by atoms with Crippen LogP contribution >= 0.6 is 11.8 Å². The monoisotopic (exact) mass is 159 g/mol. The summed E-state index contributed by atoms with van der Waals surface area (Å²) in [5, 5.41) is 8.89. The number of aliphatic hydroxyl groups excluding tert-OH is 1. The number of rotatable bonds is 1. The van der Waals surface area contributed by atoms with Gasteiger partial charge in [-0.05, 0) is 12.3 Å². The van der Waals surface area contributed by atoms with Crippen LogP contribution < -0.4 is 0 Å². The molecule has 0 unspecified atom stereocenters. The molecule has 2 heterocycles. The van der Waals surface area contributed by atoms with E-state index >= 15 is 0 Å².